The summed E-state index contributed by atoms with van der Waals surface area (Å²) in [5, 5.41) is 6.18. The van der Waals surface area contributed by atoms with E-state index in [1.807, 2.05) is 38.1 Å². The molecular formula is C16H16F2N2OS. The zero-order valence-corrected chi connectivity index (χ0v) is 13.0. The van der Waals surface area contributed by atoms with Crippen LogP contribution in [0.1, 0.15) is 11.1 Å². The van der Waals surface area contributed by atoms with Crippen molar-refractivity contribution in [1.29, 1.82) is 0 Å². The van der Waals surface area contributed by atoms with E-state index in [4.69, 9.17) is 12.2 Å². The topological polar surface area (TPSA) is 33.3 Å². The van der Waals surface area contributed by atoms with Crippen LogP contribution in [0, 0.1) is 13.8 Å². The average Bonchev–Trinajstić information content (AvgIpc) is 2.44. The minimum Gasteiger partial charge on any atom is -0.433 e. The predicted octanol–water partition coefficient (Wildman–Crippen LogP) is 4.71. The van der Waals surface area contributed by atoms with Crippen molar-refractivity contribution >= 4 is 28.7 Å². The van der Waals surface area contributed by atoms with Crippen LogP contribution >= 0.6 is 12.2 Å². The van der Waals surface area contributed by atoms with Gasteiger partial charge in [0.1, 0.15) is 5.75 Å². The molecule has 0 aliphatic rings. The number of hydrogen-bond acceptors (Lipinski definition) is 2. The van der Waals surface area contributed by atoms with E-state index < -0.39 is 6.61 Å². The number of aryl methyl sites for hydroxylation is 2. The molecule has 116 valence electrons. The van der Waals surface area contributed by atoms with Gasteiger partial charge >= 0.3 is 6.61 Å². The summed E-state index contributed by atoms with van der Waals surface area (Å²) >= 11 is 5.20. The predicted molar refractivity (Wildman–Crippen MR) is 88.8 cm³/mol. The number of halogens is 2. The number of rotatable bonds is 4. The lowest BCUT2D eigenvalue weighted by Crippen LogP contribution is -2.20. The maximum absolute atomic E-state index is 12.4. The maximum atomic E-state index is 12.4. The van der Waals surface area contributed by atoms with Crippen molar-refractivity contribution in [2.75, 3.05) is 10.6 Å². The van der Waals surface area contributed by atoms with Gasteiger partial charge in [0.2, 0.25) is 0 Å². The zero-order valence-electron chi connectivity index (χ0n) is 12.2. The van der Waals surface area contributed by atoms with Gasteiger partial charge in [0.25, 0.3) is 0 Å². The molecule has 0 unspecified atom stereocenters. The lowest BCUT2D eigenvalue weighted by molar-refractivity contribution is -0.0493. The Morgan fingerprint density at radius 3 is 2.27 bits per heavy atom. The van der Waals surface area contributed by atoms with Crippen LogP contribution in [-0.2, 0) is 0 Å². The molecule has 0 radical (unpaired) electrons. The Labute approximate surface area is 133 Å². The van der Waals surface area contributed by atoms with Gasteiger partial charge in [-0.2, -0.15) is 8.78 Å². The summed E-state index contributed by atoms with van der Waals surface area (Å²) in [5.41, 5.74) is 3.25. The molecule has 2 aromatic carbocycles. The Morgan fingerprint density at radius 2 is 1.64 bits per heavy atom. The molecule has 0 heterocycles. The lowest BCUT2D eigenvalue weighted by Gasteiger charge is -2.15. The monoisotopic (exact) mass is 322 g/mol. The fourth-order valence-electron chi connectivity index (χ4n) is 1.86. The number of anilines is 2. The molecule has 0 saturated carbocycles. The normalized spacial score (nSPS) is 10.4. The molecular weight excluding hydrogens is 306 g/mol. The van der Waals surface area contributed by atoms with Gasteiger partial charge in [-0.3, -0.25) is 0 Å². The van der Waals surface area contributed by atoms with E-state index in [0.717, 1.165) is 16.8 Å². The van der Waals surface area contributed by atoms with E-state index in [0.29, 0.717) is 10.8 Å². The molecule has 0 bridgehead atoms. The highest BCUT2D eigenvalue weighted by Crippen LogP contribution is 2.27. The molecule has 0 atom stereocenters. The molecule has 22 heavy (non-hydrogen) atoms. The minimum atomic E-state index is -2.89. The molecule has 0 aliphatic heterocycles. The Morgan fingerprint density at radius 1 is 1.00 bits per heavy atom. The summed E-state index contributed by atoms with van der Waals surface area (Å²) in [5.74, 6) is 0.0497. The van der Waals surface area contributed by atoms with Crippen LogP contribution in [-0.4, -0.2) is 11.7 Å². The molecule has 0 amide bonds. The highest BCUT2D eigenvalue weighted by Gasteiger charge is 2.11. The maximum Gasteiger partial charge on any atom is 0.387 e. The van der Waals surface area contributed by atoms with Crippen molar-refractivity contribution in [3.05, 3.63) is 53.6 Å². The van der Waals surface area contributed by atoms with Gasteiger partial charge in [0.05, 0.1) is 5.69 Å². The van der Waals surface area contributed by atoms with Gasteiger partial charge in [-0.15, -0.1) is 0 Å². The van der Waals surface area contributed by atoms with E-state index in [1.165, 1.54) is 6.07 Å². The minimum absolute atomic E-state index is 0.0497. The third kappa shape index (κ3) is 4.66. The number of hydrogen-bond donors (Lipinski definition) is 2. The Kier molecular flexibility index (Phi) is 5.27. The summed E-state index contributed by atoms with van der Waals surface area (Å²) < 4.78 is 29.3. The van der Waals surface area contributed by atoms with Gasteiger partial charge in [0, 0.05) is 5.69 Å². The Balaban J connectivity index is 2.10. The molecule has 2 aromatic rings. The molecule has 3 nitrogen and oxygen atoms in total. The molecule has 0 aromatic heterocycles. The second kappa shape index (κ2) is 7.17. The van der Waals surface area contributed by atoms with Crippen LogP contribution < -0.4 is 15.4 Å². The number of alkyl halides is 2. The van der Waals surface area contributed by atoms with E-state index in [-0.39, 0.29) is 5.75 Å². The van der Waals surface area contributed by atoms with Crippen LogP contribution in [0.2, 0.25) is 0 Å². The van der Waals surface area contributed by atoms with Gasteiger partial charge in [-0.25, -0.2) is 0 Å². The molecule has 2 N–H and O–H groups in total. The lowest BCUT2D eigenvalue weighted by atomic mass is 10.2. The first-order valence-electron chi connectivity index (χ1n) is 6.64. The number of thiocarbonyl (C=S) groups is 1. The van der Waals surface area contributed by atoms with Crippen LogP contribution in [0.15, 0.2) is 42.5 Å². The van der Waals surface area contributed by atoms with Gasteiger partial charge in [-0.05, 0) is 55.9 Å². The fraction of sp³-hybridized carbons (Fsp3) is 0.188. The van der Waals surface area contributed by atoms with Crippen LogP contribution in [0.5, 0.6) is 5.75 Å². The first kappa shape index (κ1) is 16.2. The number of nitrogens with one attached hydrogen (secondary N) is 2. The third-order valence-corrected chi connectivity index (χ3v) is 3.11. The van der Waals surface area contributed by atoms with Crippen molar-refractivity contribution in [2.24, 2.45) is 0 Å². The highest BCUT2D eigenvalue weighted by molar-refractivity contribution is 7.80. The summed E-state index contributed by atoms with van der Waals surface area (Å²) in [6, 6.07) is 12.5. The second-order valence-corrected chi connectivity index (χ2v) is 5.23. The SMILES string of the molecule is Cc1ccc(NC(=S)Nc2cc(C)ccc2OC(F)F)cc1. The first-order valence-corrected chi connectivity index (χ1v) is 7.05. The number of benzene rings is 2. The molecule has 0 aliphatic carbocycles. The largest absolute Gasteiger partial charge is 0.433 e. The van der Waals surface area contributed by atoms with Gasteiger partial charge in [-0.1, -0.05) is 23.8 Å². The molecule has 2 rings (SSSR count). The summed E-state index contributed by atoms with van der Waals surface area (Å²) in [6.45, 7) is 0.955. The third-order valence-electron chi connectivity index (χ3n) is 2.91. The second-order valence-electron chi connectivity index (χ2n) is 4.82. The van der Waals surface area contributed by atoms with Gasteiger partial charge in [0.15, 0.2) is 5.11 Å². The Hall–Kier alpha value is -2.21. The first-order chi connectivity index (χ1) is 10.4. The number of ether oxygens (including phenoxy) is 1. The van der Waals surface area contributed by atoms with Crippen molar-refractivity contribution in [3.63, 3.8) is 0 Å². The van der Waals surface area contributed by atoms with Crippen molar-refractivity contribution in [3.8, 4) is 5.75 Å². The van der Waals surface area contributed by atoms with Crippen molar-refractivity contribution in [1.82, 2.24) is 0 Å². The zero-order chi connectivity index (χ0) is 16.1. The average molecular weight is 322 g/mol. The quantitative estimate of drug-likeness (QED) is 0.799. The highest BCUT2D eigenvalue weighted by atomic mass is 32.1. The molecule has 0 saturated heterocycles. The van der Waals surface area contributed by atoms with Gasteiger partial charge < -0.3 is 15.4 Å². The molecule has 6 heteroatoms. The van der Waals surface area contributed by atoms with Crippen molar-refractivity contribution < 1.29 is 13.5 Å². The molecule has 0 spiro atoms. The van der Waals surface area contributed by atoms with E-state index in [9.17, 15) is 8.78 Å². The van der Waals surface area contributed by atoms with Crippen LogP contribution in [0.25, 0.3) is 0 Å². The smallest absolute Gasteiger partial charge is 0.387 e. The van der Waals surface area contributed by atoms with E-state index in [1.54, 1.807) is 12.1 Å². The standard InChI is InChI=1S/C16H16F2N2OS/c1-10-3-6-12(7-4-10)19-16(22)20-13-9-11(2)5-8-14(13)21-15(17)18/h3-9,15H,1-2H3,(H2,19,20,22). The van der Waals surface area contributed by atoms with Crippen LogP contribution in [0.4, 0.5) is 20.2 Å². The summed E-state index contributed by atoms with van der Waals surface area (Å²) in [7, 11) is 0. The van der Waals surface area contributed by atoms with E-state index in [2.05, 4.69) is 15.4 Å². The molecule has 0 fully saturated rings. The van der Waals surface area contributed by atoms with E-state index >= 15 is 0 Å². The Bertz CT molecular complexity index is 660. The summed E-state index contributed by atoms with van der Waals surface area (Å²) in [6.07, 6.45) is 0. The summed E-state index contributed by atoms with van der Waals surface area (Å²) in [4.78, 5) is 0. The fourth-order valence-corrected chi connectivity index (χ4v) is 2.09. The van der Waals surface area contributed by atoms with Crippen LogP contribution in [0.3, 0.4) is 0 Å². The van der Waals surface area contributed by atoms with Crippen molar-refractivity contribution in [2.45, 2.75) is 20.5 Å².